The molecule has 98 valence electrons. The van der Waals surface area contributed by atoms with Crippen LogP contribution in [-0.2, 0) is 9.59 Å². The zero-order chi connectivity index (χ0) is 13.8. The van der Waals surface area contributed by atoms with Gasteiger partial charge in [-0.1, -0.05) is 12.0 Å². The molecule has 0 heterocycles. The fraction of sp³-hybridized carbons (Fsp3) is 0.286. The first-order chi connectivity index (χ1) is 9.11. The van der Waals surface area contributed by atoms with E-state index in [1.165, 1.54) is 0 Å². The number of amides is 1. The highest BCUT2D eigenvalue weighted by atomic mass is 16.5. The normalized spacial score (nSPS) is 20.2. The minimum atomic E-state index is -0.925. The van der Waals surface area contributed by atoms with Crippen LogP contribution in [0.5, 0.6) is 5.75 Å². The molecule has 1 aliphatic rings. The summed E-state index contributed by atoms with van der Waals surface area (Å²) >= 11 is 0. The molecule has 1 fully saturated rings. The van der Waals surface area contributed by atoms with E-state index in [1.807, 2.05) is 0 Å². The van der Waals surface area contributed by atoms with E-state index in [0.717, 1.165) is 0 Å². The second-order valence-corrected chi connectivity index (χ2v) is 4.30. The Kier molecular flexibility index (Phi) is 3.71. The third-order valence-corrected chi connectivity index (χ3v) is 2.87. The van der Waals surface area contributed by atoms with Gasteiger partial charge < -0.3 is 15.2 Å². The molecule has 19 heavy (non-hydrogen) atoms. The van der Waals surface area contributed by atoms with Crippen LogP contribution in [0, 0.1) is 24.2 Å². The number of carbonyl (C=O) groups excluding carboxylic acids is 1. The first-order valence-electron chi connectivity index (χ1n) is 5.82. The van der Waals surface area contributed by atoms with Gasteiger partial charge in [0.05, 0.1) is 11.8 Å². The van der Waals surface area contributed by atoms with Gasteiger partial charge in [0.1, 0.15) is 12.4 Å². The average molecular weight is 259 g/mol. The summed E-state index contributed by atoms with van der Waals surface area (Å²) in [6.07, 6.45) is 5.48. The monoisotopic (exact) mass is 259 g/mol. The third-order valence-electron chi connectivity index (χ3n) is 2.87. The zero-order valence-electron chi connectivity index (χ0n) is 10.1. The molecule has 1 aliphatic carbocycles. The van der Waals surface area contributed by atoms with E-state index in [4.69, 9.17) is 16.3 Å². The lowest BCUT2D eigenvalue weighted by atomic mass is 10.2. The largest absolute Gasteiger partial charge is 0.481 e. The van der Waals surface area contributed by atoms with Gasteiger partial charge in [0.25, 0.3) is 0 Å². The Bertz CT molecular complexity index is 547. The van der Waals surface area contributed by atoms with Crippen molar-refractivity contribution in [3.63, 3.8) is 0 Å². The van der Waals surface area contributed by atoms with Crippen LogP contribution < -0.4 is 10.1 Å². The van der Waals surface area contributed by atoms with Gasteiger partial charge >= 0.3 is 5.97 Å². The van der Waals surface area contributed by atoms with E-state index < -0.39 is 17.8 Å². The first kappa shape index (κ1) is 13.0. The number of carbonyl (C=O) groups is 2. The third kappa shape index (κ3) is 3.26. The Hall–Kier alpha value is -2.48. The molecule has 1 saturated carbocycles. The maximum absolute atomic E-state index is 11.8. The van der Waals surface area contributed by atoms with Gasteiger partial charge in [0.2, 0.25) is 5.91 Å². The molecular formula is C14H13NO4. The van der Waals surface area contributed by atoms with Crippen molar-refractivity contribution in [3.8, 4) is 18.1 Å². The van der Waals surface area contributed by atoms with Crippen molar-refractivity contribution in [2.45, 2.75) is 6.42 Å². The minimum Gasteiger partial charge on any atom is -0.481 e. The second kappa shape index (κ2) is 5.44. The number of benzene rings is 1. The van der Waals surface area contributed by atoms with Crippen molar-refractivity contribution in [3.05, 3.63) is 24.3 Å². The second-order valence-electron chi connectivity index (χ2n) is 4.30. The molecule has 5 heteroatoms. The van der Waals surface area contributed by atoms with Crippen LogP contribution in [0.2, 0.25) is 0 Å². The number of ether oxygens (including phenoxy) is 1. The molecule has 1 amide bonds. The number of carboxylic acids is 1. The Morgan fingerprint density at radius 2 is 2.26 bits per heavy atom. The topological polar surface area (TPSA) is 75.6 Å². The molecule has 2 rings (SSSR count). The summed E-state index contributed by atoms with van der Waals surface area (Å²) in [6.45, 7) is 0.154. The highest BCUT2D eigenvalue weighted by Gasteiger charge is 2.48. The van der Waals surface area contributed by atoms with Gasteiger partial charge in [-0.15, -0.1) is 6.42 Å². The number of rotatable bonds is 5. The van der Waals surface area contributed by atoms with E-state index >= 15 is 0 Å². The van der Waals surface area contributed by atoms with Gasteiger partial charge in [-0.25, -0.2) is 0 Å². The summed E-state index contributed by atoms with van der Waals surface area (Å²) in [6, 6.07) is 6.80. The Balaban J connectivity index is 1.94. The summed E-state index contributed by atoms with van der Waals surface area (Å²) in [7, 11) is 0. The van der Waals surface area contributed by atoms with Crippen molar-refractivity contribution >= 4 is 17.6 Å². The number of carboxylic acid groups (broad SMARTS) is 1. The number of nitrogens with one attached hydrogen (secondary N) is 1. The number of hydrogen-bond acceptors (Lipinski definition) is 3. The molecule has 2 atom stereocenters. The molecule has 0 saturated heterocycles. The van der Waals surface area contributed by atoms with Crippen LogP contribution in [0.1, 0.15) is 6.42 Å². The zero-order valence-corrected chi connectivity index (χ0v) is 10.1. The lowest BCUT2D eigenvalue weighted by molar-refractivity contribution is -0.139. The maximum Gasteiger partial charge on any atom is 0.307 e. The van der Waals surface area contributed by atoms with Gasteiger partial charge in [0, 0.05) is 11.8 Å². The molecule has 0 aromatic heterocycles. The van der Waals surface area contributed by atoms with Crippen molar-refractivity contribution < 1.29 is 19.4 Å². The number of hydrogen-bond donors (Lipinski definition) is 2. The quantitative estimate of drug-likeness (QED) is 0.783. The molecule has 1 aromatic rings. The number of anilines is 1. The molecular weight excluding hydrogens is 246 g/mol. The van der Waals surface area contributed by atoms with Gasteiger partial charge in [-0.3, -0.25) is 9.59 Å². The summed E-state index contributed by atoms with van der Waals surface area (Å²) < 4.78 is 5.23. The fourth-order valence-electron chi connectivity index (χ4n) is 1.78. The van der Waals surface area contributed by atoms with Gasteiger partial charge in [0.15, 0.2) is 0 Å². The van der Waals surface area contributed by atoms with Crippen LogP contribution in [0.4, 0.5) is 5.69 Å². The number of aliphatic carboxylic acids is 1. The molecule has 2 unspecified atom stereocenters. The van der Waals surface area contributed by atoms with E-state index in [9.17, 15) is 9.59 Å². The molecule has 5 nitrogen and oxygen atoms in total. The summed E-state index contributed by atoms with van der Waals surface area (Å²) in [5, 5.41) is 11.4. The van der Waals surface area contributed by atoms with Crippen LogP contribution >= 0.6 is 0 Å². The maximum atomic E-state index is 11.8. The van der Waals surface area contributed by atoms with Crippen molar-refractivity contribution in [2.24, 2.45) is 11.8 Å². The lowest BCUT2D eigenvalue weighted by Gasteiger charge is -2.07. The predicted octanol–water partition coefficient (Wildman–Crippen LogP) is 1.36. The Morgan fingerprint density at radius 1 is 1.47 bits per heavy atom. The smallest absolute Gasteiger partial charge is 0.307 e. The minimum absolute atomic E-state index is 0.154. The summed E-state index contributed by atoms with van der Waals surface area (Å²) in [5.74, 6) is 0.712. The Morgan fingerprint density at radius 3 is 2.89 bits per heavy atom. The van der Waals surface area contributed by atoms with Crippen molar-refractivity contribution in [1.29, 1.82) is 0 Å². The predicted molar refractivity (Wildman–Crippen MR) is 68.6 cm³/mol. The van der Waals surface area contributed by atoms with E-state index in [1.54, 1.807) is 24.3 Å². The standard InChI is InChI=1S/C14H13NO4/c1-2-6-19-10-5-3-4-9(7-10)15-13(16)11-8-12(11)14(17)18/h1,3-5,7,11-12H,6,8H2,(H,15,16)(H,17,18). The lowest BCUT2D eigenvalue weighted by Crippen LogP contribution is -2.16. The van der Waals surface area contributed by atoms with E-state index in [2.05, 4.69) is 11.2 Å². The highest BCUT2D eigenvalue weighted by molar-refractivity contribution is 5.98. The van der Waals surface area contributed by atoms with Crippen LogP contribution in [0.25, 0.3) is 0 Å². The van der Waals surface area contributed by atoms with Crippen molar-refractivity contribution in [1.82, 2.24) is 0 Å². The van der Waals surface area contributed by atoms with Crippen LogP contribution in [-0.4, -0.2) is 23.6 Å². The molecule has 0 radical (unpaired) electrons. The number of terminal acetylenes is 1. The molecule has 0 aliphatic heterocycles. The SMILES string of the molecule is C#CCOc1cccc(NC(=O)C2CC2C(=O)O)c1. The van der Waals surface area contributed by atoms with E-state index in [-0.39, 0.29) is 12.5 Å². The molecule has 0 bridgehead atoms. The van der Waals surface area contributed by atoms with Crippen LogP contribution in [0.3, 0.4) is 0 Å². The average Bonchev–Trinajstić information content (AvgIpc) is 3.17. The van der Waals surface area contributed by atoms with Gasteiger partial charge in [-0.2, -0.15) is 0 Å². The van der Waals surface area contributed by atoms with Crippen molar-refractivity contribution in [2.75, 3.05) is 11.9 Å². The highest BCUT2D eigenvalue weighted by Crippen LogP contribution is 2.39. The Labute approximate surface area is 110 Å². The fourth-order valence-corrected chi connectivity index (χ4v) is 1.78. The molecule has 1 aromatic carbocycles. The summed E-state index contributed by atoms with van der Waals surface area (Å²) in [5.41, 5.74) is 0.565. The first-order valence-corrected chi connectivity index (χ1v) is 5.82. The van der Waals surface area contributed by atoms with Crippen LogP contribution in [0.15, 0.2) is 24.3 Å². The summed E-state index contributed by atoms with van der Waals surface area (Å²) in [4.78, 5) is 22.4. The van der Waals surface area contributed by atoms with E-state index in [0.29, 0.717) is 17.9 Å². The molecule has 2 N–H and O–H groups in total. The molecule has 0 spiro atoms. The van der Waals surface area contributed by atoms with Gasteiger partial charge in [-0.05, 0) is 18.6 Å².